The van der Waals surface area contributed by atoms with Gasteiger partial charge in [-0.3, -0.25) is 10.1 Å². The third-order valence-corrected chi connectivity index (χ3v) is 4.44. The number of amides is 3. The fraction of sp³-hybridized carbons (Fsp3) is 0.167. The van der Waals surface area contributed by atoms with Crippen LogP contribution in [0.5, 0.6) is 0 Å². The molecule has 0 aliphatic heterocycles. The van der Waals surface area contributed by atoms with E-state index in [4.69, 9.17) is 5.73 Å². The third-order valence-electron chi connectivity index (χ3n) is 2.42. The second kappa shape index (κ2) is 7.18. The van der Waals surface area contributed by atoms with Crippen molar-refractivity contribution in [3.05, 3.63) is 30.1 Å². The number of rotatable bonds is 5. The molecule has 3 amide bonds. The molecular weight excluding hydrogens is 329 g/mol. The zero-order valence-electron chi connectivity index (χ0n) is 11.4. The molecule has 0 saturated carbocycles. The molecule has 1 atom stereocenters. The van der Waals surface area contributed by atoms with Gasteiger partial charge in [0.15, 0.2) is 4.34 Å². The van der Waals surface area contributed by atoms with Crippen LogP contribution in [0.2, 0.25) is 0 Å². The Labute approximate surface area is 133 Å². The zero-order chi connectivity index (χ0) is 16.1. The Balaban J connectivity index is 1.98. The first-order valence-electron chi connectivity index (χ1n) is 6.07. The Kier molecular flexibility index (Phi) is 5.28. The van der Waals surface area contributed by atoms with Crippen LogP contribution in [0.15, 0.2) is 28.6 Å². The minimum Gasteiger partial charge on any atom is -0.351 e. The minimum absolute atomic E-state index is 0.287. The molecule has 0 aliphatic rings. The van der Waals surface area contributed by atoms with E-state index in [0.29, 0.717) is 9.47 Å². The van der Waals surface area contributed by atoms with Crippen LogP contribution in [-0.2, 0) is 4.79 Å². The van der Waals surface area contributed by atoms with E-state index < -0.39 is 23.0 Å². The lowest BCUT2D eigenvalue weighted by Gasteiger charge is -2.06. The summed E-state index contributed by atoms with van der Waals surface area (Å²) in [7, 11) is 0. The van der Waals surface area contributed by atoms with E-state index in [-0.39, 0.29) is 5.69 Å². The summed E-state index contributed by atoms with van der Waals surface area (Å²) in [4.78, 5) is 22.2. The van der Waals surface area contributed by atoms with Crippen molar-refractivity contribution >= 4 is 45.9 Å². The summed E-state index contributed by atoms with van der Waals surface area (Å²) in [6.45, 7) is 1.61. The van der Waals surface area contributed by atoms with E-state index >= 15 is 0 Å². The number of hydrogen-bond donors (Lipinski definition) is 3. The first-order valence-corrected chi connectivity index (χ1v) is 7.77. The number of benzene rings is 1. The molecule has 0 fully saturated rings. The number of aromatic nitrogens is 2. The van der Waals surface area contributed by atoms with Crippen molar-refractivity contribution in [2.75, 3.05) is 5.32 Å². The second-order valence-corrected chi connectivity index (χ2v) is 6.66. The van der Waals surface area contributed by atoms with Gasteiger partial charge in [-0.2, -0.15) is 0 Å². The number of anilines is 2. The van der Waals surface area contributed by atoms with Gasteiger partial charge in [0.25, 0.3) is 0 Å². The Hall–Kier alpha value is -2.20. The molecule has 1 aromatic carbocycles. The molecule has 2 rings (SSSR count). The largest absolute Gasteiger partial charge is 0.351 e. The van der Waals surface area contributed by atoms with Gasteiger partial charge in [-0.15, -0.1) is 10.2 Å². The molecule has 1 aromatic heterocycles. The van der Waals surface area contributed by atoms with Gasteiger partial charge < -0.3 is 11.1 Å². The predicted molar refractivity (Wildman–Crippen MR) is 82.6 cm³/mol. The van der Waals surface area contributed by atoms with E-state index in [0.717, 1.165) is 11.8 Å². The molecule has 116 valence electrons. The van der Waals surface area contributed by atoms with Crippen LogP contribution in [-0.4, -0.2) is 27.4 Å². The highest BCUT2D eigenvalue weighted by molar-refractivity contribution is 8.02. The maximum atomic E-state index is 13.5. The van der Waals surface area contributed by atoms with Crippen LogP contribution < -0.4 is 16.4 Å². The van der Waals surface area contributed by atoms with Gasteiger partial charge in [-0.05, 0) is 19.1 Å². The SMILES string of the molecule is C[C@H](Sc1nnc(Nc2ccccc2F)s1)C(=O)NC(N)=O. The number of hydrogen-bond acceptors (Lipinski definition) is 7. The number of primary amides is 1. The number of nitrogens with one attached hydrogen (secondary N) is 2. The number of nitrogens with two attached hydrogens (primary N) is 1. The summed E-state index contributed by atoms with van der Waals surface area (Å²) >= 11 is 2.29. The number of carbonyl (C=O) groups excluding carboxylic acids is 2. The van der Waals surface area contributed by atoms with E-state index in [1.54, 1.807) is 25.1 Å². The summed E-state index contributed by atoms with van der Waals surface area (Å²) in [6, 6.07) is 5.28. The number of thioether (sulfide) groups is 1. The molecular formula is C12H12FN5O2S2. The van der Waals surface area contributed by atoms with Gasteiger partial charge in [0.2, 0.25) is 11.0 Å². The second-order valence-electron chi connectivity index (χ2n) is 4.09. The molecule has 0 saturated heterocycles. The molecule has 22 heavy (non-hydrogen) atoms. The third kappa shape index (κ3) is 4.40. The zero-order valence-corrected chi connectivity index (χ0v) is 13.0. The van der Waals surface area contributed by atoms with Crippen LogP contribution in [0.4, 0.5) is 20.0 Å². The van der Waals surface area contributed by atoms with Crippen molar-refractivity contribution in [3.63, 3.8) is 0 Å². The monoisotopic (exact) mass is 341 g/mol. The van der Waals surface area contributed by atoms with E-state index in [1.165, 1.54) is 17.4 Å². The van der Waals surface area contributed by atoms with Crippen molar-refractivity contribution < 1.29 is 14.0 Å². The van der Waals surface area contributed by atoms with Crippen LogP contribution in [0.1, 0.15) is 6.92 Å². The smallest absolute Gasteiger partial charge is 0.318 e. The van der Waals surface area contributed by atoms with E-state index in [2.05, 4.69) is 15.5 Å². The van der Waals surface area contributed by atoms with Crippen LogP contribution in [0.25, 0.3) is 0 Å². The summed E-state index contributed by atoms with van der Waals surface area (Å²) in [6.07, 6.45) is 0. The number of halogens is 1. The van der Waals surface area contributed by atoms with Gasteiger partial charge in [0.05, 0.1) is 10.9 Å². The average Bonchev–Trinajstić information content (AvgIpc) is 2.88. The highest BCUT2D eigenvalue weighted by Gasteiger charge is 2.18. The van der Waals surface area contributed by atoms with Crippen LogP contribution >= 0.6 is 23.1 Å². The summed E-state index contributed by atoms with van der Waals surface area (Å²) < 4.78 is 14.0. The van der Waals surface area contributed by atoms with Gasteiger partial charge in [-0.25, -0.2) is 9.18 Å². The Morgan fingerprint density at radius 2 is 2.09 bits per heavy atom. The highest BCUT2D eigenvalue weighted by atomic mass is 32.2. The number of carbonyl (C=O) groups is 2. The molecule has 0 aliphatic carbocycles. The topological polar surface area (TPSA) is 110 Å². The first kappa shape index (κ1) is 16.2. The molecule has 0 spiro atoms. The Bertz CT molecular complexity index is 694. The highest BCUT2D eigenvalue weighted by Crippen LogP contribution is 2.30. The summed E-state index contributed by atoms with van der Waals surface area (Å²) in [5.74, 6) is -0.919. The van der Waals surface area contributed by atoms with Crippen LogP contribution in [0, 0.1) is 5.82 Å². The van der Waals surface area contributed by atoms with Crippen molar-refractivity contribution in [3.8, 4) is 0 Å². The van der Waals surface area contributed by atoms with Crippen molar-refractivity contribution in [1.29, 1.82) is 0 Å². The normalized spacial score (nSPS) is 11.7. The number of para-hydroxylation sites is 1. The van der Waals surface area contributed by atoms with Crippen molar-refractivity contribution in [2.24, 2.45) is 5.73 Å². The maximum absolute atomic E-state index is 13.5. The Morgan fingerprint density at radius 1 is 1.36 bits per heavy atom. The standard InChI is InChI=1S/C12H12FN5O2S2/c1-6(9(19)16-10(14)20)21-12-18-17-11(22-12)15-8-5-3-2-4-7(8)13/h2-6H,1H3,(H,15,17)(H3,14,16,19,20)/t6-/m0/s1. The summed E-state index contributed by atoms with van der Waals surface area (Å²) in [5.41, 5.74) is 5.16. The number of urea groups is 1. The van der Waals surface area contributed by atoms with Gasteiger partial charge in [-0.1, -0.05) is 35.2 Å². The molecule has 4 N–H and O–H groups in total. The van der Waals surface area contributed by atoms with Crippen molar-refractivity contribution in [1.82, 2.24) is 15.5 Å². The van der Waals surface area contributed by atoms with Gasteiger partial charge in [0.1, 0.15) is 5.82 Å². The van der Waals surface area contributed by atoms with Crippen LogP contribution in [0.3, 0.4) is 0 Å². The fourth-order valence-corrected chi connectivity index (χ4v) is 3.32. The average molecular weight is 341 g/mol. The van der Waals surface area contributed by atoms with Crippen molar-refractivity contribution in [2.45, 2.75) is 16.5 Å². The summed E-state index contributed by atoms with van der Waals surface area (Å²) in [5, 5.41) is 12.4. The Morgan fingerprint density at radius 3 is 2.77 bits per heavy atom. The lowest BCUT2D eigenvalue weighted by atomic mass is 10.3. The molecule has 1 heterocycles. The number of imide groups is 1. The molecule has 0 unspecified atom stereocenters. The van der Waals surface area contributed by atoms with Gasteiger partial charge >= 0.3 is 6.03 Å². The lowest BCUT2D eigenvalue weighted by Crippen LogP contribution is -2.39. The molecule has 7 nitrogen and oxygen atoms in total. The molecule has 0 radical (unpaired) electrons. The fourth-order valence-electron chi connectivity index (χ4n) is 1.41. The van der Waals surface area contributed by atoms with E-state index in [1.807, 2.05) is 5.32 Å². The minimum atomic E-state index is -0.906. The van der Waals surface area contributed by atoms with Gasteiger partial charge in [0, 0.05) is 0 Å². The lowest BCUT2D eigenvalue weighted by molar-refractivity contribution is -0.119. The van der Waals surface area contributed by atoms with E-state index in [9.17, 15) is 14.0 Å². The quantitative estimate of drug-likeness (QED) is 0.718. The molecule has 0 bridgehead atoms. The first-order chi connectivity index (χ1) is 10.5. The maximum Gasteiger partial charge on any atom is 0.318 e. The predicted octanol–water partition coefficient (Wildman–Crippen LogP) is 2.10. The molecule has 10 heteroatoms. The molecule has 2 aromatic rings. The number of nitrogens with zero attached hydrogens (tertiary/aromatic N) is 2.